The Balaban J connectivity index is 2.12. The molecule has 0 amide bonds. The van der Waals surface area contributed by atoms with Crippen molar-refractivity contribution in [3.05, 3.63) is 53.3 Å². The van der Waals surface area contributed by atoms with Gasteiger partial charge in [0.15, 0.2) is 0 Å². The number of sulfonamides is 1. The van der Waals surface area contributed by atoms with E-state index in [2.05, 4.69) is 9.71 Å². The van der Waals surface area contributed by atoms with Crippen LogP contribution < -0.4 is 10.5 Å². The fraction of sp³-hybridized carbons (Fsp3) is 0.0833. The van der Waals surface area contributed by atoms with E-state index in [4.69, 9.17) is 17.3 Å². The summed E-state index contributed by atoms with van der Waals surface area (Å²) in [5.74, 6) is 0. The van der Waals surface area contributed by atoms with E-state index in [1.165, 1.54) is 18.5 Å². The third kappa shape index (κ3) is 3.66. The Bertz CT molecular complexity index is 672. The van der Waals surface area contributed by atoms with Gasteiger partial charge in [-0.25, -0.2) is 13.1 Å². The summed E-state index contributed by atoms with van der Waals surface area (Å²) in [7, 11) is -3.62. The van der Waals surface area contributed by atoms with Crippen LogP contribution in [0.5, 0.6) is 0 Å². The van der Waals surface area contributed by atoms with Crippen molar-refractivity contribution in [3.8, 4) is 0 Å². The van der Waals surface area contributed by atoms with Crippen molar-refractivity contribution in [2.24, 2.45) is 0 Å². The van der Waals surface area contributed by atoms with Gasteiger partial charge in [0.25, 0.3) is 0 Å². The zero-order chi connectivity index (χ0) is 13.9. The average Bonchev–Trinajstić information content (AvgIpc) is 2.38. The van der Waals surface area contributed by atoms with E-state index in [1.54, 1.807) is 24.3 Å². The number of rotatable bonds is 4. The largest absolute Gasteiger partial charge is 0.397 e. The molecule has 0 unspecified atom stereocenters. The van der Waals surface area contributed by atoms with Crippen LogP contribution >= 0.6 is 11.6 Å². The summed E-state index contributed by atoms with van der Waals surface area (Å²) in [6, 6.07) is 8.27. The van der Waals surface area contributed by atoms with E-state index in [9.17, 15) is 8.42 Å². The number of anilines is 1. The van der Waals surface area contributed by atoms with Gasteiger partial charge in [0.1, 0.15) is 4.90 Å². The molecule has 1 heterocycles. The predicted molar refractivity (Wildman–Crippen MR) is 74.1 cm³/mol. The summed E-state index contributed by atoms with van der Waals surface area (Å²) in [4.78, 5) is 3.80. The minimum absolute atomic E-state index is 0.0430. The minimum Gasteiger partial charge on any atom is -0.397 e. The molecule has 7 heteroatoms. The molecule has 2 aromatic rings. The van der Waals surface area contributed by atoms with Crippen LogP contribution in [-0.2, 0) is 16.6 Å². The lowest BCUT2D eigenvalue weighted by Gasteiger charge is -2.07. The van der Waals surface area contributed by atoms with Crippen molar-refractivity contribution in [1.82, 2.24) is 9.71 Å². The first-order valence-electron chi connectivity index (χ1n) is 5.42. The standard InChI is InChI=1S/C12H12ClN3O2S/c13-10-3-1-9(2-4-10)6-16-19(17,18)12-5-11(14)7-15-8-12/h1-5,7-8,16H,6,14H2. The molecule has 0 radical (unpaired) electrons. The molecule has 1 aromatic carbocycles. The van der Waals surface area contributed by atoms with Crippen molar-refractivity contribution >= 4 is 27.3 Å². The summed E-state index contributed by atoms with van der Waals surface area (Å²) >= 11 is 5.75. The van der Waals surface area contributed by atoms with Gasteiger partial charge in [0.2, 0.25) is 10.0 Å². The lowest BCUT2D eigenvalue weighted by Crippen LogP contribution is -2.23. The number of hydrogen-bond donors (Lipinski definition) is 2. The molecule has 0 saturated carbocycles. The van der Waals surface area contributed by atoms with E-state index in [0.29, 0.717) is 10.7 Å². The molecule has 0 fully saturated rings. The molecule has 100 valence electrons. The van der Waals surface area contributed by atoms with E-state index in [-0.39, 0.29) is 11.4 Å². The molecule has 19 heavy (non-hydrogen) atoms. The summed E-state index contributed by atoms with van der Waals surface area (Å²) < 4.78 is 26.5. The molecule has 0 aliphatic rings. The van der Waals surface area contributed by atoms with E-state index >= 15 is 0 Å². The number of halogens is 1. The smallest absolute Gasteiger partial charge is 0.242 e. The second-order valence-electron chi connectivity index (χ2n) is 3.90. The first-order valence-corrected chi connectivity index (χ1v) is 7.28. The number of nitrogens with two attached hydrogens (primary N) is 1. The highest BCUT2D eigenvalue weighted by Crippen LogP contribution is 2.13. The summed E-state index contributed by atoms with van der Waals surface area (Å²) in [6.07, 6.45) is 2.64. The number of nitrogens with zero attached hydrogens (tertiary/aromatic N) is 1. The monoisotopic (exact) mass is 297 g/mol. The van der Waals surface area contributed by atoms with Gasteiger partial charge < -0.3 is 5.73 Å². The molecule has 5 nitrogen and oxygen atoms in total. The SMILES string of the molecule is Nc1cncc(S(=O)(=O)NCc2ccc(Cl)cc2)c1. The van der Waals surface area contributed by atoms with E-state index < -0.39 is 10.0 Å². The first-order chi connectivity index (χ1) is 8.97. The molecule has 0 saturated heterocycles. The van der Waals surface area contributed by atoms with Crippen LogP contribution in [0.15, 0.2) is 47.6 Å². The van der Waals surface area contributed by atoms with Gasteiger partial charge >= 0.3 is 0 Å². The van der Waals surface area contributed by atoms with Crippen LogP contribution in [0.25, 0.3) is 0 Å². The quantitative estimate of drug-likeness (QED) is 0.901. The van der Waals surface area contributed by atoms with Crippen molar-refractivity contribution in [2.45, 2.75) is 11.4 Å². The molecule has 0 aliphatic heterocycles. The zero-order valence-electron chi connectivity index (χ0n) is 9.88. The number of nitrogens with one attached hydrogen (secondary N) is 1. The maximum absolute atomic E-state index is 12.0. The molecule has 2 rings (SSSR count). The van der Waals surface area contributed by atoms with E-state index in [1.807, 2.05) is 0 Å². The van der Waals surface area contributed by atoms with Gasteiger partial charge in [-0.3, -0.25) is 4.98 Å². The Morgan fingerprint density at radius 3 is 2.53 bits per heavy atom. The summed E-state index contributed by atoms with van der Waals surface area (Å²) in [6.45, 7) is 0.175. The zero-order valence-corrected chi connectivity index (χ0v) is 11.4. The van der Waals surface area contributed by atoms with Gasteiger partial charge in [0.05, 0.1) is 5.69 Å². The van der Waals surface area contributed by atoms with Crippen LogP contribution in [-0.4, -0.2) is 13.4 Å². The molecule has 0 aliphatic carbocycles. The first kappa shape index (κ1) is 13.8. The normalized spacial score (nSPS) is 11.4. The highest BCUT2D eigenvalue weighted by molar-refractivity contribution is 7.89. The number of hydrogen-bond acceptors (Lipinski definition) is 4. The topological polar surface area (TPSA) is 85.1 Å². The van der Waals surface area contributed by atoms with Crippen LogP contribution in [0.2, 0.25) is 5.02 Å². The van der Waals surface area contributed by atoms with Crippen molar-refractivity contribution in [1.29, 1.82) is 0 Å². The molecule has 0 bridgehead atoms. The van der Waals surface area contributed by atoms with E-state index in [0.717, 1.165) is 5.56 Å². The van der Waals surface area contributed by atoms with Crippen molar-refractivity contribution in [2.75, 3.05) is 5.73 Å². The Morgan fingerprint density at radius 1 is 1.21 bits per heavy atom. The molecule has 1 aromatic heterocycles. The molecular weight excluding hydrogens is 286 g/mol. The van der Waals surface area contributed by atoms with Gasteiger partial charge in [0, 0.05) is 24.0 Å². The maximum atomic E-state index is 12.0. The lowest BCUT2D eigenvalue weighted by molar-refractivity contribution is 0.581. The van der Waals surface area contributed by atoms with Gasteiger partial charge in [-0.15, -0.1) is 0 Å². The van der Waals surface area contributed by atoms with Gasteiger partial charge in [-0.05, 0) is 23.8 Å². The number of pyridine rings is 1. The third-order valence-electron chi connectivity index (χ3n) is 2.42. The Morgan fingerprint density at radius 2 is 1.89 bits per heavy atom. The molecule has 3 N–H and O–H groups in total. The molecule has 0 spiro atoms. The number of benzene rings is 1. The van der Waals surface area contributed by atoms with Crippen molar-refractivity contribution < 1.29 is 8.42 Å². The summed E-state index contributed by atoms with van der Waals surface area (Å²) in [5.41, 5.74) is 6.62. The predicted octanol–water partition coefficient (Wildman–Crippen LogP) is 1.80. The highest BCUT2D eigenvalue weighted by atomic mass is 35.5. The minimum atomic E-state index is -3.62. The Labute approximate surface area is 116 Å². The van der Waals surface area contributed by atoms with Gasteiger partial charge in [-0.1, -0.05) is 23.7 Å². The lowest BCUT2D eigenvalue weighted by atomic mass is 10.2. The fourth-order valence-electron chi connectivity index (χ4n) is 1.45. The Kier molecular flexibility index (Phi) is 4.04. The Hall–Kier alpha value is -1.63. The molecule has 0 atom stereocenters. The highest BCUT2D eigenvalue weighted by Gasteiger charge is 2.14. The van der Waals surface area contributed by atoms with Crippen molar-refractivity contribution in [3.63, 3.8) is 0 Å². The van der Waals surface area contributed by atoms with Crippen LogP contribution in [0, 0.1) is 0 Å². The molecular formula is C12H12ClN3O2S. The fourth-order valence-corrected chi connectivity index (χ4v) is 2.59. The average molecular weight is 298 g/mol. The second-order valence-corrected chi connectivity index (χ2v) is 6.11. The van der Waals surface area contributed by atoms with Gasteiger partial charge in [-0.2, -0.15) is 0 Å². The van der Waals surface area contributed by atoms with Crippen LogP contribution in [0.4, 0.5) is 5.69 Å². The second kappa shape index (κ2) is 5.56. The number of aromatic nitrogens is 1. The maximum Gasteiger partial charge on any atom is 0.242 e. The third-order valence-corrected chi connectivity index (χ3v) is 4.04. The number of nitrogen functional groups attached to an aromatic ring is 1. The van der Waals surface area contributed by atoms with Crippen LogP contribution in [0.3, 0.4) is 0 Å². The summed E-state index contributed by atoms with van der Waals surface area (Å²) in [5, 5.41) is 0.603. The van der Waals surface area contributed by atoms with Crippen LogP contribution in [0.1, 0.15) is 5.56 Å².